The second-order valence-electron chi connectivity index (χ2n) is 7.13. The Hall–Kier alpha value is -2.11. The lowest BCUT2D eigenvalue weighted by Gasteiger charge is -2.34. The predicted octanol–water partition coefficient (Wildman–Crippen LogP) is 2.79. The first-order valence-corrected chi connectivity index (χ1v) is 11.4. The third-order valence-corrected chi connectivity index (χ3v) is 7.15. The lowest BCUT2D eigenvalue weighted by atomic mass is 9.99. The van der Waals surface area contributed by atoms with E-state index in [1.807, 2.05) is 6.07 Å². The Morgan fingerprint density at radius 3 is 2.36 bits per heavy atom. The molecule has 1 saturated heterocycles. The molecule has 1 aliphatic heterocycles. The van der Waals surface area contributed by atoms with Crippen LogP contribution in [0.25, 0.3) is 0 Å². The zero-order valence-corrected chi connectivity index (χ0v) is 17.5. The number of nitrogens with one attached hydrogen (secondary N) is 1. The number of carbonyl (C=O) groups is 1. The highest BCUT2D eigenvalue weighted by molar-refractivity contribution is 7.89. The molecule has 1 aromatic carbocycles. The number of urea groups is 1. The average Bonchev–Trinajstić information content (AvgIpc) is 2.73. The van der Waals surface area contributed by atoms with Crippen molar-refractivity contribution in [1.29, 1.82) is 5.26 Å². The van der Waals surface area contributed by atoms with E-state index in [4.69, 9.17) is 5.26 Å². The first-order valence-electron chi connectivity index (χ1n) is 9.95. The number of amides is 2. The van der Waals surface area contributed by atoms with E-state index >= 15 is 0 Å². The van der Waals surface area contributed by atoms with E-state index in [0.29, 0.717) is 31.1 Å². The van der Waals surface area contributed by atoms with Crippen LogP contribution >= 0.6 is 0 Å². The molecule has 1 unspecified atom stereocenters. The summed E-state index contributed by atoms with van der Waals surface area (Å²) in [7, 11) is -3.61. The Labute approximate surface area is 168 Å². The molecule has 0 bridgehead atoms. The number of unbranched alkanes of at least 4 members (excludes halogenated alkanes) is 1. The summed E-state index contributed by atoms with van der Waals surface area (Å²) in [6.07, 6.45) is 4.47. The number of piperazine rings is 1. The number of benzene rings is 1. The second kappa shape index (κ2) is 10.4. The van der Waals surface area contributed by atoms with Crippen molar-refractivity contribution >= 4 is 16.1 Å². The Morgan fingerprint density at radius 1 is 1.18 bits per heavy atom. The lowest BCUT2D eigenvalue weighted by Crippen LogP contribution is -2.53. The zero-order chi connectivity index (χ0) is 20.6. The van der Waals surface area contributed by atoms with Gasteiger partial charge in [-0.25, -0.2) is 13.2 Å². The zero-order valence-electron chi connectivity index (χ0n) is 16.7. The maximum absolute atomic E-state index is 12.7. The standard InChI is InChI=1S/C20H30N4O3S/c1-3-5-6-17(4-2)16-22-20(25)23-11-13-24(14-12-23)28(26,27)19-9-7-18(15-21)8-10-19/h7-10,17H,3-6,11-14,16H2,1-2H3,(H,22,25). The Balaban J connectivity index is 1.87. The molecule has 0 saturated carbocycles. The van der Waals surface area contributed by atoms with Gasteiger partial charge >= 0.3 is 6.03 Å². The highest BCUT2D eigenvalue weighted by atomic mass is 32.2. The van der Waals surface area contributed by atoms with Gasteiger partial charge in [0.15, 0.2) is 0 Å². The summed E-state index contributed by atoms with van der Waals surface area (Å²) >= 11 is 0. The molecule has 8 heteroatoms. The molecule has 2 amide bonds. The summed E-state index contributed by atoms with van der Waals surface area (Å²) in [5.74, 6) is 0.488. The highest BCUT2D eigenvalue weighted by Crippen LogP contribution is 2.18. The number of nitriles is 1. The minimum Gasteiger partial charge on any atom is -0.338 e. The molecule has 0 aromatic heterocycles. The maximum atomic E-state index is 12.7. The number of carbonyl (C=O) groups excluding carboxylic acids is 1. The lowest BCUT2D eigenvalue weighted by molar-refractivity contribution is 0.170. The molecule has 28 heavy (non-hydrogen) atoms. The Bertz CT molecular complexity index is 779. The van der Waals surface area contributed by atoms with E-state index in [1.54, 1.807) is 4.90 Å². The third kappa shape index (κ3) is 5.69. The van der Waals surface area contributed by atoms with Crippen molar-refractivity contribution < 1.29 is 13.2 Å². The molecule has 7 nitrogen and oxygen atoms in total. The van der Waals surface area contributed by atoms with Gasteiger partial charge < -0.3 is 10.2 Å². The van der Waals surface area contributed by atoms with Crippen LogP contribution in [0.4, 0.5) is 4.79 Å². The molecule has 1 aliphatic rings. The smallest absolute Gasteiger partial charge is 0.317 e. The van der Waals surface area contributed by atoms with E-state index in [2.05, 4.69) is 19.2 Å². The molecule has 2 rings (SSSR count). The van der Waals surface area contributed by atoms with Crippen LogP contribution in [0.15, 0.2) is 29.2 Å². The first-order chi connectivity index (χ1) is 13.4. The number of nitrogens with zero attached hydrogens (tertiary/aromatic N) is 3. The van der Waals surface area contributed by atoms with Gasteiger partial charge in [-0.3, -0.25) is 0 Å². The van der Waals surface area contributed by atoms with Crippen molar-refractivity contribution in [2.24, 2.45) is 5.92 Å². The molecular formula is C20H30N4O3S. The monoisotopic (exact) mass is 406 g/mol. The van der Waals surface area contributed by atoms with Crippen molar-refractivity contribution in [1.82, 2.24) is 14.5 Å². The van der Waals surface area contributed by atoms with Gasteiger partial charge in [-0.05, 0) is 36.6 Å². The fourth-order valence-electron chi connectivity index (χ4n) is 3.27. The SMILES string of the molecule is CCCCC(CC)CNC(=O)N1CCN(S(=O)(=O)c2ccc(C#N)cc2)CC1. The molecule has 1 N–H and O–H groups in total. The summed E-state index contributed by atoms with van der Waals surface area (Å²) in [4.78, 5) is 14.3. The van der Waals surface area contributed by atoms with E-state index in [0.717, 1.165) is 19.3 Å². The normalized spacial score (nSPS) is 16.4. The van der Waals surface area contributed by atoms with E-state index in [-0.39, 0.29) is 24.0 Å². The first kappa shape index (κ1) is 22.2. The summed E-state index contributed by atoms with van der Waals surface area (Å²) in [5.41, 5.74) is 0.421. The highest BCUT2D eigenvalue weighted by Gasteiger charge is 2.30. The molecule has 0 spiro atoms. The van der Waals surface area contributed by atoms with E-state index in [9.17, 15) is 13.2 Å². The number of hydrogen-bond acceptors (Lipinski definition) is 4. The van der Waals surface area contributed by atoms with Crippen molar-refractivity contribution in [2.75, 3.05) is 32.7 Å². The van der Waals surface area contributed by atoms with Crippen LogP contribution in [-0.4, -0.2) is 56.4 Å². The number of rotatable bonds is 8. The van der Waals surface area contributed by atoms with Crippen LogP contribution in [0.3, 0.4) is 0 Å². The summed E-state index contributed by atoms with van der Waals surface area (Å²) in [6.45, 7) is 6.24. The van der Waals surface area contributed by atoms with Gasteiger partial charge in [0.1, 0.15) is 0 Å². The second-order valence-corrected chi connectivity index (χ2v) is 9.07. The van der Waals surface area contributed by atoms with Gasteiger partial charge in [0, 0.05) is 32.7 Å². The number of sulfonamides is 1. The van der Waals surface area contributed by atoms with Crippen molar-refractivity contribution in [3.8, 4) is 6.07 Å². The molecule has 1 fully saturated rings. The van der Waals surface area contributed by atoms with Gasteiger partial charge in [0.05, 0.1) is 16.5 Å². The molecule has 0 aliphatic carbocycles. The van der Waals surface area contributed by atoms with Crippen LogP contribution in [0.1, 0.15) is 45.1 Å². The topological polar surface area (TPSA) is 93.5 Å². The van der Waals surface area contributed by atoms with Gasteiger partial charge in [-0.15, -0.1) is 0 Å². The predicted molar refractivity (Wildman–Crippen MR) is 108 cm³/mol. The van der Waals surface area contributed by atoms with Crippen molar-refractivity contribution in [3.63, 3.8) is 0 Å². The molecule has 154 valence electrons. The van der Waals surface area contributed by atoms with Crippen molar-refractivity contribution in [3.05, 3.63) is 29.8 Å². The fourth-order valence-corrected chi connectivity index (χ4v) is 4.69. The maximum Gasteiger partial charge on any atom is 0.317 e. The molecule has 1 heterocycles. The Kier molecular flexibility index (Phi) is 8.27. The minimum absolute atomic E-state index is 0.120. The molecule has 1 atom stereocenters. The van der Waals surface area contributed by atoms with Gasteiger partial charge in [0.25, 0.3) is 0 Å². The van der Waals surface area contributed by atoms with Crippen LogP contribution in [0.5, 0.6) is 0 Å². The van der Waals surface area contributed by atoms with E-state index < -0.39 is 10.0 Å². The summed E-state index contributed by atoms with van der Waals surface area (Å²) in [6, 6.07) is 7.76. The van der Waals surface area contributed by atoms with Crippen LogP contribution < -0.4 is 5.32 Å². The Morgan fingerprint density at radius 2 is 1.82 bits per heavy atom. The van der Waals surface area contributed by atoms with Crippen molar-refractivity contribution in [2.45, 2.75) is 44.4 Å². The minimum atomic E-state index is -3.61. The van der Waals surface area contributed by atoms with Crippen LogP contribution in [-0.2, 0) is 10.0 Å². The average molecular weight is 407 g/mol. The molecule has 1 aromatic rings. The third-order valence-electron chi connectivity index (χ3n) is 5.23. The quantitative estimate of drug-likeness (QED) is 0.718. The fraction of sp³-hybridized carbons (Fsp3) is 0.600. The van der Waals surface area contributed by atoms with Gasteiger partial charge in [-0.1, -0.05) is 33.1 Å². The van der Waals surface area contributed by atoms with Gasteiger partial charge in [-0.2, -0.15) is 9.57 Å². The van der Waals surface area contributed by atoms with Crippen LogP contribution in [0, 0.1) is 17.2 Å². The molecule has 0 radical (unpaired) electrons. The van der Waals surface area contributed by atoms with Gasteiger partial charge in [0.2, 0.25) is 10.0 Å². The van der Waals surface area contributed by atoms with E-state index in [1.165, 1.54) is 35.0 Å². The molecular weight excluding hydrogens is 376 g/mol. The van der Waals surface area contributed by atoms with Crippen LogP contribution in [0.2, 0.25) is 0 Å². The summed E-state index contributed by atoms with van der Waals surface area (Å²) < 4.78 is 26.9. The largest absolute Gasteiger partial charge is 0.338 e. The summed E-state index contributed by atoms with van der Waals surface area (Å²) in [5, 5.41) is 11.8. The number of hydrogen-bond donors (Lipinski definition) is 1.